The van der Waals surface area contributed by atoms with Crippen LogP contribution in [0.3, 0.4) is 0 Å². The Morgan fingerprint density at radius 3 is 2.94 bits per heavy atom. The van der Waals surface area contributed by atoms with Gasteiger partial charge in [-0.3, -0.25) is 0 Å². The molecule has 1 saturated heterocycles. The molecule has 0 saturated carbocycles. The molecule has 1 unspecified atom stereocenters. The van der Waals surface area contributed by atoms with E-state index in [0.717, 1.165) is 17.9 Å². The third-order valence-electron chi connectivity index (χ3n) is 3.04. The van der Waals surface area contributed by atoms with E-state index in [1.807, 2.05) is 0 Å². The van der Waals surface area contributed by atoms with Crippen molar-refractivity contribution >= 4 is 21.8 Å². The number of hydrogen-bond acceptors (Lipinski definition) is 5. The lowest BCUT2D eigenvalue weighted by atomic mass is 10.3. The Kier molecular flexibility index (Phi) is 4.37. The van der Waals surface area contributed by atoms with E-state index in [4.69, 9.17) is 4.42 Å². The van der Waals surface area contributed by atoms with Crippen molar-refractivity contribution < 1.29 is 12.8 Å². The van der Waals surface area contributed by atoms with E-state index in [2.05, 4.69) is 5.32 Å². The zero-order valence-electron chi connectivity index (χ0n) is 10.5. The van der Waals surface area contributed by atoms with Crippen LogP contribution in [-0.4, -0.2) is 44.4 Å². The van der Waals surface area contributed by atoms with Crippen molar-refractivity contribution in [3.05, 3.63) is 17.9 Å². The molecule has 5 nitrogen and oxygen atoms in total. The second-order valence-electron chi connectivity index (χ2n) is 4.29. The smallest absolute Gasteiger partial charge is 0.276 e. The molecule has 1 aliphatic rings. The summed E-state index contributed by atoms with van der Waals surface area (Å²) in [7, 11) is -0.0730. The van der Waals surface area contributed by atoms with E-state index >= 15 is 0 Å². The van der Waals surface area contributed by atoms with E-state index in [0.29, 0.717) is 12.3 Å². The number of rotatable bonds is 5. The molecule has 0 amide bonds. The topological polar surface area (TPSA) is 62.6 Å². The standard InChI is InChI=1S/C11H18N2O3S2/c1-12-7-10-3-4-11(16-10)18(14,15)13(2)9-5-6-17-8-9/h3-4,9,12H,5-8H2,1-2H3. The third kappa shape index (κ3) is 2.74. The summed E-state index contributed by atoms with van der Waals surface area (Å²) < 4.78 is 31.5. The number of nitrogens with one attached hydrogen (secondary N) is 1. The van der Waals surface area contributed by atoms with Crippen molar-refractivity contribution in [3.63, 3.8) is 0 Å². The summed E-state index contributed by atoms with van der Waals surface area (Å²) in [5.41, 5.74) is 0. The predicted molar refractivity (Wildman–Crippen MR) is 72.2 cm³/mol. The van der Waals surface area contributed by atoms with Crippen LogP contribution in [0.25, 0.3) is 0 Å². The average molecular weight is 290 g/mol. The first-order valence-corrected chi connectivity index (χ1v) is 8.44. The number of thioether (sulfide) groups is 1. The van der Waals surface area contributed by atoms with Crippen molar-refractivity contribution in [1.82, 2.24) is 9.62 Å². The third-order valence-corrected chi connectivity index (χ3v) is 5.97. The highest BCUT2D eigenvalue weighted by molar-refractivity contribution is 7.99. The number of sulfonamides is 1. The van der Waals surface area contributed by atoms with Crippen LogP contribution in [0.1, 0.15) is 12.2 Å². The maximum absolute atomic E-state index is 12.3. The monoisotopic (exact) mass is 290 g/mol. The van der Waals surface area contributed by atoms with E-state index in [9.17, 15) is 8.42 Å². The molecule has 1 aromatic rings. The summed E-state index contributed by atoms with van der Waals surface area (Å²) in [4.78, 5) is 0. The van der Waals surface area contributed by atoms with Gasteiger partial charge in [-0.2, -0.15) is 16.1 Å². The average Bonchev–Trinajstić information content (AvgIpc) is 2.99. The highest BCUT2D eigenvalue weighted by atomic mass is 32.2. The first-order chi connectivity index (χ1) is 8.55. The van der Waals surface area contributed by atoms with Crippen molar-refractivity contribution in [3.8, 4) is 0 Å². The molecule has 1 N–H and O–H groups in total. The Balaban J connectivity index is 2.18. The Bertz CT molecular complexity index is 492. The van der Waals surface area contributed by atoms with Gasteiger partial charge >= 0.3 is 0 Å². The van der Waals surface area contributed by atoms with Gasteiger partial charge in [0.15, 0.2) is 0 Å². The molecular weight excluding hydrogens is 272 g/mol. The molecule has 1 fully saturated rings. The van der Waals surface area contributed by atoms with E-state index in [1.54, 1.807) is 31.9 Å². The molecule has 7 heteroatoms. The van der Waals surface area contributed by atoms with Crippen molar-refractivity contribution in [2.75, 3.05) is 25.6 Å². The van der Waals surface area contributed by atoms with Crippen LogP contribution in [-0.2, 0) is 16.6 Å². The number of hydrogen-bond donors (Lipinski definition) is 1. The first-order valence-electron chi connectivity index (χ1n) is 5.85. The van der Waals surface area contributed by atoms with Gasteiger partial charge in [0.05, 0.1) is 6.54 Å². The van der Waals surface area contributed by atoms with Gasteiger partial charge in [0.1, 0.15) is 5.76 Å². The van der Waals surface area contributed by atoms with Crippen molar-refractivity contribution in [1.29, 1.82) is 0 Å². The van der Waals surface area contributed by atoms with Gasteiger partial charge in [-0.05, 0) is 31.4 Å². The van der Waals surface area contributed by atoms with Gasteiger partial charge in [0.2, 0.25) is 5.09 Å². The highest BCUT2D eigenvalue weighted by Crippen LogP contribution is 2.26. The lowest BCUT2D eigenvalue weighted by molar-refractivity contribution is 0.356. The summed E-state index contributed by atoms with van der Waals surface area (Å²) in [5.74, 6) is 2.51. The lowest BCUT2D eigenvalue weighted by Gasteiger charge is -2.21. The zero-order chi connectivity index (χ0) is 13.2. The highest BCUT2D eigenvalue weighted by Gasteiger charge is 2.32. The lowest BCUT2D eigenvalue weighted by Crippen LogP contribution is -2.36. The Morgan fingerprint density at radius 2 is 2.33 bits per heavy atom. The second kappa shape index (κ2) is 5.64. The van der Waals surface area contributed by atoms with Crippen LogP contribution < -0.4 is 5.32 Å². The molecule has 0 aliphatic carbocycles. The Labute approximate surface area is 112 Å². The molecule has 102 valence electrons. The Morgan fingerprint density at radius 1 is 1.56 bits per heavy atom. The predicted octanol–water partition coefficient (Wildman–Crippen LogP) is 1.12. The molecular formula is C11H18N2O3S2. The summed E-state index contributed by atoms with van der Waals surface area (Å²) in [6.07, 6.45) is 0.907. The number of nitrogens with zero attached hydrogens (tertiary/aromatic N) is 1. The maximum Gasteiger partial charge on any atom is 0.276 e. The molecule has 0 aromatic carbocycles. The molecule has 2 heterocycles. The quantitative estimate of drug-likeness (QED) is 0.880. The van der Waals surface area contributed by atoms with Gasteiger partial charge in [-0.15, -0.1) is 0 Å². The molecule has 0 bridgehead atoms. The molecule has 1 aliphatic heterocycles. The van der Waals surface area contributed by atoms with Crippen LogP contribution in [0.5, 0.6) is 0 Å². The minimum absolute atomic E-state index is 0.0344. The number of furan rings is 1. The Hall–Kier alpha value is -0.500. The van der Waals surface area contributed by atoms with Gasteiger partial charge in [-0.1, -0.05) is 0 Å². The van der Waals surface area contributed by atoms with Crippen LogP contribution in [0, 0.1) is 0 Å². The van der Waals surface area contributed by atoms with Gasteiger partial charge in [0, 0.05) is 18.8 Å². The van der Waals surface area contributed by atoms with Crippen LogP contribution in [0.15, 0.2) is 21.6 Å². The largest absolute Gasteiger partial charge is 0.447 e. The zero-order valence-corrected chi connectivity index (χ0v) is 12.2. The fourth-order valence-corrected chi connectivity index (χ4v) is 4.58. The molecule has 18 heavy (non-hydrogen) atoms. The van der Waals surface area contributed by atoms with Crippen LogP contribution in [0.2, 0.25) is 0 Å². The molecule has 1 aromatic heterocycles. The molecule has 0 spiro atoms. The van der Waals surface area contributed by atoms with Crippen LogP contribution in [0.4, 0.5) is 0 Å². The van der Waals surface area contributed by atoms with Gasteiger partial charge in [0.25, 0.3) is 10.0 Å². The van der Waals surface area contributed by atoms with Gasteiger partial charge < -0.3 is 9.73 Å². The normalized spacial score (nSPS) is 20.7. The second-order valence-corrected chi connectivity index (χ2v) is 7.37. The van der Waals surface area contributed by atoms with Crippen molar-refractivity contribution in [2.45, 2.75) is 24.1 Å². The van der Waals surface area contributed by atoms with E-state index in [1.165, 1.54) is 10.4 Å². The summed E-state index contributed by atoms with van der Waals surface area (Å²) in [6, 6.07) is 3.30. The van der Waals surface area contributed by atoms with E-state index in [-0.39, 0.29) is 11.1 Å². The fraction of sp³-hybridized carbons (Fsp3) is 0.636. The van der Waals surface area contributed by atoms with Gasteiger partial charge in [-0.25, -0.2) is 8.42 Å². The maximum atomic E-state index is 12.3. The molecule has 2 rings (SSSR count). The minimum atomic E-state index is -3.49. The molecule has 0 radical (unpaired) electrons. The summed E-state index contributed by atoms with van der Waals surface area (Å²) >= 11 is 1.79. The summed E-state index contributed by atoms with van der Waals surface area (Å²) in [6.45, 7) is 0.526. The minimum Gasteiger partial charge on any atom is -0.447 e. The SMILES string of the molecule is CNCc1ccc(S(=O)(=O)N(C)C2CCSC2)o1. The van der Waals surface area contributed by atoms with E-state index < -0.39 is 10.0 Å². The first kappa shape index (κ1) is 13.9. The molecule has 1 atom stereocenters. The van der Waals surface area contributed by atoms with Crippen LogP contribution >= 0.6 is 11.8 Å². The fourth-order valence-electron chi connectivity index (χ4n) is 1.91. The van der Waals surface area contributed by atoms with Crippen molar-refractivity contribution in [2.24, 2.45) is 0 Å². The summed E-state index contributed by atoms with van der Waals surface area (Å²) in [5, 5.41) is 2.96.